The molecule has 2 rings (SSSR count). The van der Waals surface area contributed by atoms with Crippen molar-refractivity contribution in [1.82, 2.24) is 5.32 Å². The largest absolute Gasteiger partial charge is 0.365 e. The number of thiocarbonyl (C=S) groups is 1. The number of aryl methyl sites for hydroxylation is 1. The van der Waals surface area contributed by atoms with Gasteiger partial charge in [-0.3, -0.25) is 14.9 Å². The summed E-state index contributed by atoms with van der Waals surface area (Å²) in [6.45, 7) is 3.66. The Morgan fingerprint density at radius 2 is 1.88 bits per heavy atom. The second-order valence-electron chi connectivity index (χ2n) is 5.18. The van der Waals surface area contributed by atoms with Crippen LogP contribution >= 0.6 is 23.6 Å². The number of nitrogens with one attached hydrogen (secondary N) is 2. The van der Waals surface area contributed by atoms with Gasteiger partial charge in [-0.05, 0) is 55.4 Å². The van der Waals surface area contributed by atoms with Gasteiger partial charge in [0.2, 0.25) is 5.91 Å². The van der Waals surface area contributed by atoms with Crippen LogP contribution in [0.1, 0.15) is 26.4 Å². The molecule has 0 saturated heterocycles. The fourth-order valence-electron chi connectivity index (χ4n) is 2.05. The summed E-state index contributed by atoms with van der Waals surface area (Å²) >= 11 is 6.42. The molecule has 0 fully saturated rings. The Bertz CT molecular complexity index is 858. The molecule has 4 N–H and O–H groups in total. The number of hydrogen-bond donors (Lipinski definition) is 3. The van der Waals surface area contributed by atoms with Crippen LogP contribution in [0.15, 0.2) is 30.3 Å². The van der Waals surface area contributed by atoms with Gasteiger partial charge in [0, 0.05) is 11.0 Å². The van der Waals surface area contributed by atoms with Gasteiger partial charge >= 0.3 is 0 Å². The first-order valence-corrected chi connectivity index (χ1v) is 8.46. The van der Waals surface area contributed by atoms with E-state index in [0.717, 1.165) is 10.4 Å². The van der Waals surface area contributed by atoms with Crippen molar-refractivity contribution in [3.05, 3.63) is 57.7 Å². The van der Waals surface area contributed by atoms with Crippen LogP contribution in [0.4, 0.5) is 9.39 Å². The highest BCUT2D eigenvalue weighted by Crippen LogP contribution is 2.31. The van der Waals surface area contributed by atoms with Gasteiger partial charge in [-0.25, -0.2) is 4.39 Å². The second-order valence-corrected chi connectivity index (χ2v) is 6.81. The van der Waals surface area contributed by atoms with Crippen LogP contribution in [0.5, 0.6) is 0 Å². The summed E-state index contributed by atoms with van der Waals surface area (Å²) in [6, 6.07) is 5.70. The van der Waals surface area contributed by atoms with Crippen molar-refractivity contribution in [3.63, 3.8) is 0 Å². The molecule has 2 amide bonds. The zero-order chi connectivity index (χ0) is 18.6. The van der Waals surface area contributed by atoms with E-state index < -0.39 is 11.8 Å². The molecule has 0 aliphatic carbocycles. The van der Waals surface area contributed by atoms with Gasteiger partial charge in [-0.15, -0.1) is 11.3 Å². The lowest BCUT2D eigenvalue weighted by Gasteiger charge is -2.07. The lowest BCUT2D eigenvalue weighted by atomic mass is 10.1. The van der Waals surface area contributed by atoms with E-state index in [4.69, 9.17) is 18.0 Å². The van der Waals surface area contributed by atoms with Crippen molar-refractivity contribution in [2.24, 2.45) is 5.73 Å². The first kappa shape index (κ1) is 18.8. The van der Waals surface area contributed by atoms with Crippen LogP contribution in [0.25, 0.3) is 6.08 Å². The van der Waals surface area contributed by atoms with Crippen LogP contribution < -0.4 is 16.4 Å². The molecule has 1 heterocycles. The Hall–Kier alpha value is -2.58. The Kier molecular flexibility index (Phi) is 6.00. The van der Waals surface area contributed by atoms with Crippen LogP contribution in [0.2, 0.25) is 0 Å². The highest BCUT2D eigenvalue weighted by atomic mass is 32.1. The monoisotopic (exact) mass is 377 g/mol. The van der Waals surface area contributed by atoms with Crippen molar-refractivity contribution < 1.29 is 14.0 Å². The summed E-state index contributed by atoms with van der Waals surface area (Å²) in [5.41, 5.74) is 7.21. The minimum Gasteiger partial charge on any atom is -0.365 e. The number of rotatable bonds is 4. The van der Waals surface area contributed by atoms with E-state index in [-0.39, 0.29) is 10.9 Å². The van der Waals surface area contributed by atoms with Crippen LogP contribution in [0.3, 0.4) is 0 Å². The molecule has 0 aliphatic rings. The third-order valence-corrected chi connectivity index (χ3v) is 4.72. The third kappa shape index (κ3) is 4.94. The van der Waals surface area contributed by atoms with E-state index in [9.17, 15) is 14.0 Å². The number of anilines is 1. The van der Waals surface area contributed by atoms with Crippen LogP contribution in [0, 0.1) is 19.7 Å². The van der Waals surface area contributed by atoms with E-state index in [0.29, 0.717) is 16.1 Å². The Morgan fingerprint density at radius 1 is 1.24 bits per heavy atom. The summed E-state index contributed by atoms with van der Waals surface area (Å²) in [7, 11) is 0. The maximum atomic E-state index is 12.8. The first-order chi connectivity index (χ1) is 11.8. The summed E-state index contributed by atoms with van der Waals surface area (Å²) in [6.07, 6.45) is 2.81. The molecule has 0 atom stereocenters. The molecule has 5 nitrogen and oxygen atoms in total. The quantitative estimate of drug-likeness (QED) is 0.565. The average Bonchev–Trinajstić information content (AvgIpc) is 2.80. The number of carbonyl (C=O) groups is 2. The topological polar surface area (TPSA) is 84.2 Å². The fourth-order valence-corrected chi connectivity index (χ4v) is 3.38. The lowest BCUT2D eigenvalue weighted by molar-refractivity contribution is -0.115. The highest BCUT2D eigenvalue weighted by molar-refractivity contribution is 7.80. The van der Waals surface area contributed by atoms with E-state index in [1.165, 1.54) is 35.6 Å². The molecule has 0 spiro atoms. The van der Waals surface area contributed by atoms with Crippen LogP contribution in [-0.4, -0.2) is 16.9 Å². The molecule has 2 aromatic rings. The van der Waals surface area contributed by atoms with Crippen molar-refractivity contribution in [3.8, 4) is 0 Å². The van der Waals surface area contributed by atoms with E-state index in [1.54, 1.807) is 19.1 Å². The van der Waals surface area contributed by atoms with E-state index in [1.807, 2.05) is 6.92 Å². The predicted octanol–water partition coefficient (Wildman–Crippen LogP) is 3.13. The molecule has 0 radical (unpaired) electrons. The number of thiophene rings is 1. The van der Waals surface area contributed by atoms with Crippen LogP contribution in [-0.2, 0) is 4.79 Å². The van der Waals surface area contributed by atoms with E-state index in [2.05, 4.69) is 10.6 Å². The van der Waals surface area contributed by atoms with Gasteiger partial charge in [0.15, 0.2) is 5.11 Å². The number of carbonyl (C=O) groups excluding carboxylic acids is 2. The summed E-state index contributed by atoms with van der Waals surface area (Å²) in [5, 5.41) is 5.85. The van der Waals surface area contributed by atoms with Crippen molar-refractivity contribution in [2.75, 3.05) is 5.32 Å². The molecule has 130 valence electrons. The number of amides is 2. The standard InChI is InChI=1S/C17H16FN3O2S2/c1-9-10(2)25-16(14(9)15(19)23)21-17(24)20-13(22)8-5-11-3-6-12(18)7-4-11/h3-8H,1-2H3,(H2,19,23)(H2,20,21,22,24)/b8-5+. The maximum absolute atomic E-state index is 12.8. The normalized spacial score (nSPS) is 10.7. The smallest absolute Gasteiger partial charge is 0.251 e. The Labute approximate surface area is 153 Å². The number of nitrogens with two attached hydrogens (primary N) is 1. The minimum absolute atomic E-state index is 0.0532. The summed E-state index contributed by atoms with van der Waals surface area (Å²) in [5.74, 6) is -1.36. The maximum Gasteiger partial charge on any atom is 0.251 e. The highest BCUT2D eigenvalue weighted by Gasteiger charge is 2.18. The molecule has 25 heavy (non-hydrogen) atoms. The predicted molar refractivity (Wildman–Crippen MR) is 102 cm³/mol. The molecule has 0 saturated carbocycles. The molecular formula is C17H16FN3O2S2. The van der Waals surface area contributed by atoms with Gasteiger partial charge in [0.25, 0.3) is 5.91 Å². The zero-order valence-electron chi connectivity index (χ0n) is 13.6. The number of hydrogen-bond acceptors (Lipinski definition) is 4. The van der Waals surface area contributed by atoms with Gasteiger partial charge in [0.1, 0.15) is 10.8 Å². The fraction of sp³-hybridized carbons (Fsp3) is 0.118. The zero-order valence-corrected chi connectivity index (χ0v) is 15.2. The summed E-state index contributed by atoms with van der Waals surface area (Å²) < 4.78 is 12.8. The second kappa shape index (κ2) is 8.00. The molecular weight excluding hydrogens is 361 g/mol. The number of benzene rings is 1. The third-order valence-electron chi connectivity index (χ3n) is 3.39. The average molecular weight is 377 g/mol. The molecule has 0 bridgehead atoms. The van der Waals surface area contributed by atoms with Gasteiger partial charge in [0.05, 0.1) is 5.56 Å². The molecule has 0 unspecified atom stereocenters. The molecule has 1 aromatic heterocycles. The van der Waals surface area contributed by atoms with E-state index >= 15 is 0 Å². The Morgan fingerprint density at radius 3 is 2.48 bits per heavy atom. The summed E-state index contributed by atoms with van der Waals surface area (Å²) in [4.78, 5) is 24.4. The van der Waals surface area contributed by atoms with Crippen molar-refractivity contribution >= 4 is 51.6 Å². The minimum atomic E-state index is -0.560. The van der Waals surface area contributed by atoms with Gasteiger partial charge < -0.3 is 11.1 Å². The molecule has 8 heteroatoms. The molecule has 1 aromatic carbocycles. The Balaban J connectivity index is 2.00. The first-order valence-electron chi connectivity index (χ1n) is 7.23. The SMILES string of the molecule is Cc1sc(NC(=S)NC(=O)/C=C/c2ccc(F)cc2)c(C(N)=O)c1C. The van der Waals surface area contributed by atoms with Crippen molar-refractivity contribution in [1.29, 1.82) is 0 Å². The van der Waals surface area contributed by atoms with Gasteiger partial charge in [-0.2, -0.15) is 0 Å². The van der Waals surface area contributed by atoms with Gasteiger partial charge in [-0.1, -0.05) is 12.1 Å². The number of primary amides is 1. The number of halogens is 1. The molecule has 0 aliphatic heterocycles. The van der Waals surface area contributed by atoms with Crippen molar-refractivity contribution in [2.45, 2.75) is 13.8 Å². The lowest BCUT2D eigenvalue weighted by Crippen LogP contribution is -2.33.